The smallest absolute Gasteiger partial charge is 0.395 e. The molecule has 5 rings (SSSR count). The monoisotopic (exact) mass is 638 g/mol. The Bertz CT molecular complexity index is 1870. The third-order valence-corrected chi connectivity index (χ3v) is 8.59. The number of carbonyl (C=O) groups is 2. The van der Waals surface area contributed by atoms with Crippen molar-refractivity contribution in [1.82, 2.24) is 14.9 Å². The van der Waals surface area contributed by atoms with E-state index in [0.717, 1.165) is 10.6 Å². The molecule has 10 nitrogen and oxygen atoms in total. The summed E-state index contributed by atoms with van der Waals surface area (Å²) in [5.41, 5.74) is 5.30. The van der Waals surface area contributed by atoms with Crippen molar-refractivity contribution in [3.05, 3.63) is 83.2 Å². The number of para-hydroxylation sites is 1. The molecule has 4 aromatic rings. The predicted octanol–water partition coefficient (Wildman–Crippen LogP) is 4.57. The molecule has 0 fully saturated rings. The van der Waals surface area contributed by atoms with Gasteiger partial charge in [0.15, 0.2) is 21.3 Å². The predicted molar refractivity (Wildman–Crippen MR) is 145 cm³/mol. The lowest BCUT2D eigenvalue weighted by Crippen LogP contribution is -2.31. The van der Waals surface area contributed by atoms with Crippen LogP contribution in [0.1, 0.15) is 46.7 Å². The van der Waals surface area contributed by atoms with Crippen LogP contribution < -0.4 is 20.5 Å². The molecule has 0 saturated carbocycles. The number of amides is 2. The summed E-state index contributed by atoms with van der Waals surface area (Å²) in [4.78, 5) is 28.6. The van der Waals surface area contributed by atoms with Crippen LogP contribution in [0.3, 0.4) is 0 Å². The number of ether oxygens (including phenoxy) is 2. The fourth-order valence-electron chi connectivity index (χ4n) is 4.74. The third-order valence-electron chi connectivity index (χ3n) is 6.83. The van der Waals surface area contributed by atoms with Gasteiger partial charge in [0.2, 0.25) is 11.7 Å². The van der Waals surface area contributed by atoms with Crippen LogP contribution in [0.2, 0.25) is 0 Å². The van der Waals surface area contributed by atoms with Gasteiger partial charge in [0.05, 0.1) is 40.7 Å². The largest absolute Gasteiger partial charge is 0.586 e. The number of nitrogens with two attached hydrogens (primary N) is 1. The lowest BCUT2D eigenvalue weighted by Gasteiger charge is -2.18. The molecule has 1 aromatic heterocycles. The summed E-state index contributed by atoms with van der Waals surface area (Å²) < 4.78 is 103. The zero-order chi connectivity index (χ0) is 32.0. The van der Waals surface area contributed by atoms with Crippen molar-refractivity contribution in [2.45, 2.75) is 43.3 Å². The van der Waals surface area contributed by atoms with E-state index in [1.54, 1.807) is 0 Å². The second-order valence-corrected chi connectivity index (χ2v) is 12.1. The van der Waals surface area contributed by atoms with Crippen LogP contribution in [0.5, 0.6) is 11.5 Å². The molecule has 2 heterocycles. The van der Waals surface area contributed by atoms with Crippen LogP contribution in [0, 0.1) is 0 Å². The minimum atomic E-state index is -4.95. The molecule has 232 valence electrons. The van der Waals surface area contributed by atoms with Gasteiger partial charge in [-0.2, -0.15) is 13.2 Å². The van der Waals surface area contributed by atoms with Crippen molar-refractivity contribution in [3.63, 3.8) is 0 Å². The molecule has 2 amide bonds. The third kappa shape index (κ3) is 6.15. The fraction of sp³-hybridized carbons (Fsp3) is 0.250. The summed E-state index contributed by atoms with van der Waals surface area (Å²) in [7, 11) is -3.51. The second kappa shape index (κ2) is 11.1. The number of carbonyl (C=O) groups excluding carboxylic acids is 2. The van der Waals surface area contributed by atoms with Crippen molar-refractivity contribution in [2.75, 3.05) is 5.75 Å². The maximum absolute atomic E-state index is 14.0. The highest BCUT2D eigenvalue weighted by molar-refractivity contribution is 7.91. The van der Waals surface area contributed by atoms with Crippen LogP contribution in [0.4, 0.5) is 22.0 Å². The van der Waals surface area contributed by atoms with Crippen LogP contribution in [0.15, 0.2) is 65.6 Å². The molecule has 1 aliphatic rings. The van der Waals surface area contributed by atoms with E-state index in [1.807, 2.05) is 0 Å². The van der Waals surface area contributed by atoms with Crippen molar-refractivity contribution >= 4 is 32.7 Å². The Balaban J connectivity index is 1.46. The van der Waals surface area contributed by atoms with E-state index in [4.69, 9.17) is 5.73 Å². The molecule has 0 aliphatic carbocycles. The molecular weight excluding hydrogens is 615 g/mol. The van der Waals surface area contributed by atoms with Crippen LogP contribution in [-0.2, 0) is 27.4 Å². The van der Waals surface area contributed by atoms with Crippen molar-refractivity contribution in [1.29, 1.82) is 0 Å². The Labute approximate surface area is 246 Å². The highest BCUT2D eigenvalue weighted by Gasteiger charge is 2.45. The normalized spacial score (nSPS) is 14.9. The van der Waals surface area contributed by atoms with E-state index in [1.165, 1.54) is 61.5 Å². The van der Waals surface area contributed by atoms with Gasteiger partial charge in [-0.3, -0.25) is 9.59 Å². The van der Waals surface area contributed by atoms with E-state index in [0.29, 0.717) is 5.56 Å². The number of imidazole rings is 1. The number of nitrogens with zero attached hydrogens (tertiary/aromatic N) is 2. The van der Waals surface area contributed by atoms with Crippen LogP contribution in [0.25, 0.3) is 11.0 Å². The SMILES string of the molecule is CCS(=O)(=O)c1ccc(C(CC(N)=O)NC(=O)c2ccc3c(c2)nc(C(F)(F)F)n3Cc2cccc3c2OC(F)(F)O3)cc1. The van der Waals surface area contributed by atoms with Crippen LogP contribution >= 0.6 is 0 Å². The molecule has 0 spiro atoms. The number of fused-ring (bicyclic) bond motifs is 2. The number of alkyl halides is 5. The number of primary amides is 1. The summed E-state index contributed by atoms with van der Waals surface area (Å²) in [6.45, 7) is 0.916. The fourth-order valence-corrected chi connectivity index (χ4v) is 5.62. The summed E-state index contributed by atoms with van der Waals surface area (Å²) in [5.74, 6) is -3.78. The molecule has 0 saturated heterocycles. The number of hydrogen-bond donors (Lipinski definition) is 2. The summed E-state index contributed by atoms with van der Waals surface area (Å²) >= 11 is 0. The second-order valence-electron chi connectivity index (χ2n) is 9.80. The summed E-state index contributed by atoms with van der Waals surface area (Å²) in [6, 6.07) is 11.9. The molecule has 3 aromatic carbocycles. The quantitative estimate of drug-likeness (QED) is 0.256. The van der Waals surface area contributed by atoms with Gasteiger partial charge in [0, 0.05) is 11.1 Å². The molecule has 44 heavy (non-hydrogen) atoms. The molecule has 1 aliphatic heterocycles. The number of rotatable bonds is 9. The van der Waals surface area contributed by atoms with Crippen molar-refractivity contribution < 1.29 is 49.4 Å². The minimum absolute atomic E-state index is 0.0293. The summed E-state index contributed by atoms with van der Waals surface area (Å²) in [5, 5.41) is 2.60. The molecule has 16 heteroatoms. The number of halogens is 5. The van der Waals surface area contributed by atoms with Gasteiger partial charge >= 0.3 is 12.5 Å². The lowest BCUT2D eigenvalue weighted by molar-refractivity contribution is -0.287. The molecular formula is C28H23F5N4O6S. The van der Waals surface area contributed by atoms with Gasteiger partial charge in [-0.1, -0.05) is 31.2 Å². The zero-order valence-electron chi connectivity index (χ0n) is 22.7. The molecule has 0 bridgehead atoms. The van der Waals surface area contributed by atoms with Gasteiger partial charge in [0.1, 0.15) is 0 Å². The highest BCUT2D eigenvalue weighted by atomic mass is 32.2. The minimum Gasteiger partial charge on any atom is -0.395 e. The molecule has 1 unspecified atom stereocenters. The molecule has 3 N–H and O–H groups in total. The number of aromatic nitrogens is 2. The van der Waals surface area contributed by atoms with E-state index in [2.05, 4.69) is 19.8 Å². The van der Waals surface area contributed by atoms with Gasteiger partial charge in [0.25, 0.3) is 5.91 Å². The number of nitrogens with one attached hydrogen (secondary N) is 1. The summed E-state index contributed by atoms with van der Waals surface area (Å²) in [6.07, 6.45) is -9.29. The molecule has 0 radical (unpaired) electrons. The first kappa shape index (κ1) is 30.7. The number of hydrogen-bond acceptors (Lipinski definition) is 7. The van der Waals surface area contributed by atoms with E-state index in [9.17, 15) is 40.0 Å². The van der Waals surface area contributed by atoms with Crippen molar-refractivity contribution in [2.24, 2.45) is 5.73 Å². The number of sulfone groups is 1. The first-order chi connectivity index (χ1) is 20.6. The van der Waals surface area contributed by atoms with E-state index in [-0.39, 0.29) is 45.0 Å². The average Bonchev–Trinajstić information content (AvgIpc) is 3.48. The Morgan fingerprint density at radius 2 is 1.77 bits per heavy atom. The van der Waals surface area contributed by atoms with Gasteiger partial charge in [-0.15, -0.1) is 8.78 Å². The average molecular weight is 639 g/mol. The Hall–Kier alpha value is -4.73. The maximum Gasteiger partial charge on any atom is 0.586 e. The Kier molecular flexibility index (Phi) is 7.73. The number of benzene rings is 3. The van der Waals surface area contributed by atoms with E-state index < -0.39 is 58.3 Å². The maximum atomic E-state index is 14.0. The van der Waals surface area contributed by atoms with Gasteiger partial charge < -0.3 is 25.1 Å². The first-order valence-electron chi connectivity index (χ1n) is 12.9. The first-order valence-corrected chi connectivity index (χ1v) is 14.6. The Morgan fingerprint density at radius 1 is 1.07 bits per heavy atom. The van der Waals surface area contributed by atoms with E-state index >= 15 is 0 Å². The standard InChI is InChI=1S/C28H23F5N4O6S/c1-2-44(40,41)18-9-6-15(7-10-18)19(13-23(34)38)35-25(39)16-8-11-21-20(12-16)36-26(27(29,30)31)37(21)14-17-4-3-5-22-24(17)43-28(32,33)42-22/h3-12,19H,2,13-14H2,1H3,(H2,34,38)(H,35,39). The Morgan fingerprint density at radius 3 is 2.41 bits per heavy atom. The zero-order valence-corrected chi connectivity index (χ0v) is 23.5. The lowest BCUT2D eigenvalue weighted by atomic mass is 10.0. The van der Waals surface area contributed by atoms with Crippen LogP contribution in [-0.4, -0.2) is 41.8 Å². The molecule has 1 atom stereocenters. The highest BCUT2D eigenvalue weighted by Crippen LogP contribution is 2.44. The van der Waals surface area contributed by atoms with Gasteiger partial charge in [-0.05, 0) is 42.0 Å². The topological polar surface area (TPSA) is 143 Å². The van der Waals surface area contributed by atoms with Gasteiger partial charge in [-0.25, -0.2) is 13.4 Å². The van der Waals surface area contributed by atoms with Crippen molar-refractivity contribution in [3.8, 4) is 11.5 Å².